The monoisotopic (exact) mass is 410 g/mol. The molecule has 0 bridgehead atoms. The summed E-state index contributed by atoms with van der Waals surface area (Å²) in [6, 6.07) is 3.11. The molecular weight excluding hydrogens is 376 g/mol. The van der Waals surface area contributed by atoms with Crippen LogP contribution in [0.4, 0.5) is 5.82 Å². The van der Waals surface area contributed by atoms with Crippen molar-refractivity contribution in [2.45, 2.75) is 58.9 Å². The molecule has 0 spiro atoms. The van der Waals surface area contributed by atoms with Gasteiger partial charge < -0.3 is 15.0 Å². The van der Waals surface area contributed by atoms with Crippen molar-refractivity contribution in [2.75, 3.05) is 31.1 Å². The number of hydrogen-bond donors (Lipinski definition) is 2. The second-order valence-corrected chi connectivity index (χ2v) is 8.43. The second-order valence-electron chi connectivity index (χ2n) is 8.03. The van der Waals surface area contributed by atoms with Crippen molar-refractivity contribution in [3.8, 4) is 0 Å². The summed E-state index contributed by atoms with van der Waals surface area (Å²) in [5.74, 6) is 2.09. The van der Waals surface area contributed by atoms with Crippen molar-refractivity contribution in [3.05, 3.63) is 23.4 Å². The molecule has 1 aromatic heterocycles. The van der Waals surface area contributed by atoms with E-state index in [1.807, 2.05) is 17.0 Å². The lowest BCUT2D eigenvalue weighted by Crippen LogP contribution is -2.54. The molecule has 158 valence electrons. The fourth-order valence-corrected chi connectivity index (χ4v) is 4.22. The highest BCUT2D eigenvalue weighted by Gasteiger charge is 2.28. The zero-order chi connectivity index (χ0) is 20.5. The summed E-state index contributed by atoms with van der Waals surface area (Å²) in [6.45, 7) is 9.33. The Bertz CT molecular complexity index is 606. The quantitative estimate of drug-likeness (QED) is 0.571. The SMILES string of the molecule is CCCC(CCCC(NO)C(=O)N1CCN(c2ncccc2Cl)CC1)C(C)C. The van der Waals surface area contributed by atoms with Crippen LogP contribution < -0.4 is 10.4 Å². The highest BCUT2D eigenvalue weighted by molar-refractivity contribution is 6.32. The normalized spacial score (nSPS) is 17.1. The van der Waals surface area contributed by atoms with Gasteiger partial charge in [0.15, 0.2) is 0 Å². The number of nitrogens with zero attached hydrogens (tertiary/aromatic N) is 3. The Morgan fingerprint density at radius 2 is 1.96 bits per heavy atom. The molecule has 7 heteroatoms. The predicted molar refractivity (Wildman–Crippen MR) is 114 cm³/mol. The lowest BCUT2D eigenvalue weighted by Gasteiger charge is -2.37. The van der Waals surface area contributed by atoms with E-state index in [1.54, 1.807) is 6.20 Å². The number of pyridine rings is 1. The number of halogens is 1. The highest BCUT2D eigenvalue weighted by Crippen LogP contribution is 2.25. The largest absolute Gasteiger partial charge is 0.352 e. The number of rotatable bonds is 10. The maximum atomic E-state index is 12.8. The number of nitrogens with one attached hydrogen (secondary N) is 1. The van der Waals surface area contributed by atoms with Gasteiger partial charge >= 0.3 is 0 Å². The summed E-state index contributed by atoms with van der Waals surface area (Å²) in [4.78, 5) is 21.1. The lowest BCUT2D eigenvalue weighted by molar-refractivity contribution is -0.136. The van der Waals surface area contributed by atoms with E-state index in [2.05, 4.69) is 36.1 Å². The first-order chi connectivity index (χ1) is 13.5. The summed E-state index contributed by atoms with van der Waals surface area (Å²) < 4.78 is 0. The van der Waals surface area contributed by atoms with Crippen molar-refractivity contribution in [1.82, 2.24) is 15.4 Å². The Morgan fingerprint density at radius 1 is 1.25 bits per heavy atom. The lowest BCUT2D eigenvalue weighted by atomic mass is 9.86. The van der Waals surface area contributed by atoms with Crippen molar-refractivity contribution in [1.29, 1.82) is 0 Å². The number of anilines is 1. The van der Waals surface area contributed by atoms with Gasteiger partial charge in [-0.15, -0.1) is 0 Å². The fourth-order valence-electron chi connectivity index (χ4n) is 3.98. The van der Waals surface area contributed by atoms with Gasteiger partial charge in [0.05, 0.1) is 5.02 Å². The first kappa shape index (κ1) is 22.9. The Balaban J connectivity index is 1.82. The molecule has 1 amide bonds. The second kappa shape index (κ2) is 11.6. The van der Waals surface area contributed by atoms with Crippen molar-refractivity contribution in [3.63, 3.8) is 0 Å². The third kappa shape index (κ3) is 6.33. The van der Waals surface area contributed by atoms with Crippen molar-refractivity contribution < 1.29 is 10.0 Å². The van der Waals surface area contributed by atoms with E-state index < -0.39 is 6.04 Å². The number of carbonyl (C=O) groups excluding carboxylic acids is 1. The molecule has 28 heavy (non-hydrogen) atoms. The number of piperazine rings is 1. The minimum absolute atomic E-state index is 0.0224. The van der Waals surface area contributed by atoms with Gasteiger partial charge in [-0.05, 0) is 30.4 Å². The van der Waals surface area contributed by atoms with Gasteiger partial charge in [-0.1, -0.05) is 58.1 Å². The molecule has 0 radical (unpaired) electrons. The molecule has 1 fully saturated rings. The third-order valence-corrected chi connectivity index (χ3v) is 6.05. The summed E-state index contributed by atoms with van der Waals surface area (Å²) in [5, 5.41) is 10.2. The molecule has 1 saturated heterocycles. The predicted octanol–water partition coefficient (Wildman–Crippen LogP) is 3.97. The number of hydrogen-bond acceptors (Lipinski definition) is 5. The average Bonchev–Trinajstić information content (AvgIpc) is 2.70. The third-order valence-electron chi connectivity index (χ3n) is 5.75. The molecule has 1 aliphatic heterocycles. The van der Waals surface area contributed by atoms with E-state index in [0.29, 0.717) is 49.5 Å². The number of carbonyl (C=O) groups is 1. The molecule has 0 saturated carbocycles. The number of aromatic nitrogens is 1. The maximum Gasteiger partial charge on any atom is 0.242 e. The smallest absolute Gasteiger partial charge is 0.242 e. The van der Waals surface area contributed by atoms with Gasteiger partial charge in [0.1, 0.15) is 11.9 Å². The molecule has 0 aliphatic carbocycles. The highest BCUT2D eigenvalue weighted by atomic mass is 35.5. The topological polar surface area (TPSA) is 68.7 Å². The summed E-state index contributed by atoms with van der Waals surface area (Å²) in [5.41, 5.74) is 2.25. The van der Waals surface area contributed by atoms with Crippen LogP contribution in [0.1, 0.15) is 52.9 Å². The number of hydroxylamine groups is 1. The van der Waals surface area contributed by atoms with E-state index >= 15 is 0 Å². The number of amides is 1. The summed E-state index contributed by atoms with van der Waals surface area (Å²) in [7, 11) is 0. The van der Waals surface area contributed by atoms with E-state index in [1.165, 1.54) is 12.8 Å². The summed E-state index contributed by atoms with van der Waals surface area (Å²) >= 11 is 6.23. The van der Waals surface area contributed by atoms with Gasteiger partial charge in [-0.2, -0.15) is 5.48 Å². The van der Waals surface area contributed by atoms with E-state index in [9.17, 15) is 10.0 Å². The van der Waals surface area contributed by atoms with Crippen LogP contribution in [-0.4, -0.2) is 53.2 Å². The molecule has 2 N–H and O–H groups in total. The van der Waals surface area contributed by atoms with Crippen LogP contribution in [0.2, 0.25) is 5.02 Å². The van der Waals surface area contributed by atoms with Gasteiger partial charge in [0.25, 0.3) is 0 Å². The van der Waals surface area contributed by atoms with Crippen LogP contribution in [-0.2, 0) is 4.79 Å². The minimum atomic E-state index is -0.528. The first-order valence-corrected chi connectivity index (χ1v) is 10.9. The summed E-state index contributed by atoms with van der Waals surface area (Å²) in [6.07, 6.45) is 6.84. The zero-order valence-corrected chi connectivity index (χ0v) is 18.2. The molecule has 1 aromatic rings. The van der Waals surface area contributed by atoms with Gasteiger partial charge in [-0.25, -0.2) is 4.98 Å². The van der Waals surface area contributed by atoms with Crippen LogP contribution in [0, 0.1) is 11.8 Å². The van der Waals surface area contributed by atoms with E-state index in [4.69, 9.17) is 11.6 Å². The molecule has 1 aliphatic rings. The molecular formula is C21H35ClN4O2. The van der Waals surface area contributed by atoms with Gasteiger partial charge in [0.2, 0.25) is 5.91 Å². The average molecular weight is 411 g/mol. The Hall–Kier alpha value is -1.37. The molecule has 0 aromatic carbocycles. The Kier molecular flexibility index (Phi) is 9.48. The maximum absolute atomic E-state index is 12.8. The van der Waals surface area contributed by atoms with Crippen molar-refractivity contribution >= 4 is 23.3 Å². The standard InChI is InChI=1S/C21H35ClN4O2/c1-4-7-17(16(2)3)8-5-10-19(24-28)21(27)26-14-12-25(13-15-26)20-18(22)9-6-11-23-20/h6,9,11,16-17,19,24,28H,4-5,7-8,10,12-15H2,1-3H3. The van der Waals surface area contributed by atoms with Gasteiger partial charge in [0, 0.05) is 32.4 Å². The van der Waals surface area contributed by atoms with Gasteiger partial charge in [-0.3, -0.25) is 4.79 Å². The fraction of sp³-hybridized carbons (Fsp3) is 0.714. The molecule has 2 rings (SSSR count). The minimum Gasteiger partial charge on any atom is -0.352 e. The molecule has 6 nitrogen and oxygen atoms in total. The van der Waals surface area contributed by atoms with E-state index in [-0.39, 0.29) is 5.91 Å². The molecule has 2 heterocycles. The first-order valence-electron chi connectivity index (χ1n) is 10.5. The van der Waals surface area contributed by atoms with Crippen LogP contribution in [0.25, 0.3) is 0 Å². The Morgan fingerprint density at radius 3 is 2.54 bits per heavy atom. The molecule has 2 unspecified atom stereocenters. The van der Waals surface area contributed by atoms with Crippen molar-refractivity contribution in [2.24, 2.45) is 11.8 Å². The zero-order valence-electron chi connectivity index (χ0n) is 17.4. The Labute approximate surface area is 174 Å². The van der Waals surface area contributed by atoms with E-state index in [0.717, 1.165) is 18.7 Å². The van der Waals surface area contributed by atoms with Crippen LogP contribution in [0.15, 0.2) is 18.3 Å². The van der Waals surface area contributed by atoms with Crippen LogP contribution >= 0.6 is 11.6 Å². The molecule has 2 atom stereocenters. The van der Waals surface area contributed by atoms with Crippen LogP contribution in [0.3, 0.4) is 0 Å². The van der Waals surface area contributed by atoms with Crippen LogP contribution in [0.5, 0.6) is 0 Å².